The van der Waals surface area contributed by atoms with Crippen molar-refractivity contribution >= 4 is 38.5 Å². The third-order valence-electron chi connectivity index (χ3n) is 3.14. The summed E-state index contributed by atoms with van der Waals surface area (Å²) in [5.41, 5.74) is 8.66. The first-order valence-corrected chi connectivity index (χ1v) is 9.18. The molecule has 126 valence electrons. The molecule has 23 heavy (non-hydrogen) atoms. The molecule has 0 radical (unpaired) electrons. The molecule has 0 aliphatic rings. The Balaban J connectivity index is 0.000000238. The highest BCUT2D eigenvalue weighted by Gasteiger charge is 2.09. The van der Waals surface area contributed by atoms with Crippen LogP contribution in [0, 0.1) is 31.3 Å². The maximum atomic E-state index is 10.8. The highest BCUT2D eigenvalue weighted by Crippen LogP contribution is 2.20. The first-order valence-electron chi connectivity index (χ1n) is 6.69. The Kier molecular flexibility index (Phi) is 6.37. The zero-order valence-corrected chi connectivity index (χ0v) is 16.4. The molecule has 0 atom stereocenters. The first-order chi connectivity index (χ1) is 10.4. The molecular weight excluding hydrogens is 429 g/mol. The summed E-state index contributed by atoms with van der Waals surface area (Å²) in [6, 6.07) is 5.23. The molecule has 0 saturated carbocycles. The molecule has 1 aromatic heterocycles. The Hall–Kier alpha value is -1.39. The van der Waals surface area contributed by atoms with Gasteiger partial charge in [-0.3, -0.25) is 11.6 Å². The number of aryl methyl sites for hydroxylation is 4. The van der Waals surface area contributed by atoms with Crippen LogP contribution in [0.4, 0.5) is 5.82 Å². The quantitative estimate of drug-likeness (QED) is 0.298. The lowest BCUT2D eigenvalue weighted by atomic mass is 10.1. The number of anilines is 1. The van der Waals surface area contributed by atoms with Gasteiger partial charge in [0.15, 0.2) is 0 Å². The SMILES string of the molecule is Cc1c[n+](N)c(N)cc1I.Cc1cc(C)c(S(=O)(=O)[O-])c(C)c1. The Morgan fingerprint density at radius 2 is 1.52 bits per heavy atom. The predicted octanol–water partition coefficient (Wildman–Crippen LogP) is 1.70. The smallest absolute Gasteiger partial charge is 0.296 e. The van der Waals surface area contributed by atoms with Crippen LogP contribution >= 0.6 is 22.6 Å². The highest BCUT2D eigenvalue weighted by atomic mass is 127. The predicted molar refractivity (Wildman–Crippen MR) is 97.3 cm³/mol. The molecule has 1 heterocycles. The Labute approximate surface area is 150 Å². The van der Waals surface area contributed by atoms with E-state index >= 15 is 0 Å². The zero-order chi connectivity index (χ0) is 17.9. The third kappa shape index (κ3) is 5.33. The molecular formula is C15H20IN3O3S. The van der Waals surface area contributed by atoms with Crippen LogP contribution in [-0.4, -0.2) is 13.0 Å². The number of pyridine rings is 1. The molecule has 2 rings (SSSR count). The second-order valence-electron chi connectivity index (χ2n) is 5.32. The fourth-order valence-corrected chi connectivity index (χ4v) is 3.59. The molecule has 1 aromatic carbocycles. The summed E-state index contributed by atoms with van der Waals surface area (Å²) < 4.78 is 35.0. The lowest BCUT2D eigenvalue weighted by Gasteiger charge is -2.14. The van der Waals surface area contributed by atoms with Gasteiger partial charge in [-0.05, 0) is 61.4 Å². The van der Waals surface area contributed by atoms with Gasteiger partial charge in [0.2, 0.25) is 0 Å². The molecule has 0 aliphatic heterocycles. The van der Waals surface area contributed by atoms with Gasteiger partial charge in [-0.25, -0.2) is 8.42 Å². The monoisotopic (exact) mass is 449 g/mol. The van der Waals surface area contributed by atoms with Gasteiger partial charge in [-0.15, -0.1) is 4.68 Å². The summed E-state index contributed by atoms with van der Waals surface area (Å²) in [4.78, 5) is -0.0851. The summed E-state index contributed by atoms with van der Waals surface area (Å²) in [7, 11) is -4.33. The van der Waals surface area contributed by atoms with E-state index in [1.54, 1.807) is 32.2 Å². The minimum Gasteiger partial charge on any atom is -0.744 e. The first kappa shape index (κ1) is 19.7. The lowest BCUT2D eigenvalue weighted by molar-refractivity contribution is -0.624. The Bertz CT molecular complexity index is 763. The van der Waals surface area contributed by atoms with E-state index in [1.807, 2.05) is 19.9 Å². The maximum absolute atomic E-state index is 10.8. The van der Waals surface area contributed by atoms with Crippen molar-refractivity contribution in [1.29, 1.82) is 0 Å². The Morgan fingerprint density at radius 3 is 1.91 bits per heavy atom. The van der Waals surface area contributed by atoms with Crippen LogP contribution < -0.4 is 16.3 Å². The summed E-state index contributed by atoms with van der Waals surface area (Å²) in [6.45, 7) is 7.11. The van der Waals surface area contributed by atoms with Crippen LogP contribution in [-0.2, 0) is 10.1 Å². The largest absolute Gasteiger partial charge is 0.744 e. The molecule has 8 heteroatoms. The van der Waals surface area contributed by atoms with Crippen molar-refractivity contribution in [3.05, 3.63) is 50.2 Å². The van der Waals surface area contributed by atoms with Crippen LogP contribution in [0.2, 0.25) is 0 Å². The van der Waals surface area contributed by atoms with Crippen LogP contribution in [0.5, 0.6) is 0 Å². The minimum absolute atomic E-state index is 0.0851. The van der Waals surface area contributed by atoms with E-state index < -0.39 is 10.1 Å². The van der Waals surface area contributed by atoms with E-state index in [4.69, 9.17) is 11.6 Å². The van der Waals surface area contributed by atoms with E-state index in [9.17, 15) is 13.0 Å². The summed E-state index contributed by atoms with van der Waals surface area (Å²) in [6.07, 6.45) is 1.80. The minimum atomic E-state index is -4.33. The van der Waals surface area contributed by atoms with Crippen molar-refractivity contribution in [2.45, 2.75) is 32.6 Å². The van der Waals surface area contributed by atoms with Crippen molar-refractivity contribution in [2.75, 3.05) is 11.6 Å². The average Bonchev–Trinajstić information content (AvgIpc) is 2.34. The van der Waals surface area contributed by atoms with Crippen molar-refractivity contribution in [3.63, 3.8) is 0 Å². The molecule has 0 unspecified atom stereocenters. The van der Waals surface area contributed by atoms with Gasteiger partial charge in [-0.2, -0.15) is 0 Å². The van der Waals surface area contributed by atoms with E-state index in [0.29, 0.717) is 16.9 Å². The molecule has 0 spiro atoms. The molecule has 0 aliphatic carbocycles. The van der Waals surface area contributed by atoms with Gasteiger partial charge in [0.1, 0.15) is 16.3 Å². The molecule has 2 aromatic rings. The standard InChI is InChI=1S/C9H12O3S.C6H8IN3/c1-6-4-7(2)9(8(3)5-6)13(10,11)12;1-4-3-10(9)6(8)2-5(4)7/h4-5H,1-3H3,(H,10,11,12);2-3,8H,9H2,1H3. The van der Waals surface area contributed by atoms with E-state index in [0.717, 1.165) is 14.7 Å². The average molecular weight is 449 g/mol. The molecule has 6 nitrogen and oxygen atoms in total. The summed E-state index contributed by atoms with van der Waals surface area (Å²) >= 11 is 2.22. The number of nitrogens with two attached hydrogens (primary N) is 2. The number of hydrogen-bond donors (Lipinski definition) is 2. The van der Waals surface area contributed by atoms with Crippen LogP contribution in [0.1, 0.15) is 22.3 Å². The fourth-order valence-electron chi connectivity index (χ4n) is 2.22. The molecule has 0 bridgehead atoms. The third-order valence-corrected chi connectivity index (χ3v) is 5.44. The molecule has 0 amide bonds. The van der Waals surface area contributed by atoms with Crippen LogP contribution in [0.15, 0.2) is 29.3 Å². The molecule has 0 fully saturated rings. The number of benzene rings is 1. The maximum Gasteiger partial charge on any atom is 0.296 e. The normalized spacial score (nSPS) is 10.9. The van der Waals surface area contributed by atoms with E-state index in [2.05, 4.69) is 22.6 Å². The van der Waals surface area contributed by atoms with Crippen molar-refractivity contribution in [2.24, 2.45) is 0 Å². The summed E-state index contributed by atoms with van der Waals surface area (Å²) in [5, 5.41) is 0. The van der Waals surface area contributed by atoms with E-state index in [-0.39, 0.29) is 4.90 Å². The second-order valence-corrected chi connectivity index (χ2v) is 7.80. The number of nitrogens with zero attached hydrogens (tertiary/aromatic N) is 1. The number of hydrogen-bond acceptors (Lipinski definition) is 5. The van der Waals surface area contributed by atoms with Gasteiger partial charge < -0.3 is 4.55 Å². The van der Waals surface area contributed by atoms with Crippen LogP contribution in [0.25, 0.3) is 0 Å². The fraction of sp³-hybridized carbons (Fsp3) is 0.267. The second kappa shape index (κ2) is 7.45. The summed E-state index contributed by atoms with van der Waals surface area (Å²) in [5.74, 6) is 6.06. The van der Waals surface area contributed by atoms with Gasteiger partial charge in [-0.1, -0.05) is 17.7 Å². The number of nitrogen functional groups attached to an aromatic ring is 2. The Morgan fingerprint density at radius 1 is 1.04 bits per heavy atom. The van der Waals surface area contributed by atoms with Gasteiger partial charge in [0.05, 0.1) is 4.90 Å². The topological polar surface area (TPSA) is 113 Å². The van der Waals surface area contributed by atoms with Crippen molar-refractivity contribution < 1.29 is 17.6 Å². The van der Waals surface area contributed by atoms with Crippen LogP contribution in [0.3, 0.4) is 0 Å². The van der Waals surface area contributed by atoms with Gasteiger partial charge in [0, 0.05) is 15.2 Å². The van der Waals surface area contributed by atoms with Gasteiger partial charge in [0.25, 0.3) is 5.82 Å². The number of halogens is 1. The van der Waals surface area contributed by atoms with Gasteiger partial charge >= 0.3 is 0 Å². The molecule has 0 saturated heterocycles. The lowest BCUT2D eigenvalue weighted by Crippen LogP contribution is -2.47. The van der Waals surface area contributed by atoms with Crippen molar-refractivity contribution in [1.82, 2.24) is 0 Å². The number of rotatable bonds is 1. The molecule has 4 N–H and O–H groups in total. The number of aromatic nitrogens is 1. The highest BCUT2D eigenvalue weighted by molar-refractivity contribution is 14.1. The van der Waals surface area contributed by atoms with Crippen molar-refractivity contribution in [3.8, 4) is 0 Å². The van der Waals surface area contributed by atoms with E-state index in [1.165, 1.54) is 4.68 Å². The zero-order valence-electron chi connectivity index (χ0n) is 13.4.